The van der Waals surface area contributed by atoms with Crippen molar-refractivity contribution in [1.29, 1.82) is 0 Å². The minimum absolute atomic E-state index is 0.0795. The monoisotopic (exact) mass is 289 g/mol. The molecule has 20 heavy (non-hydrogen) atoms. The van der Waals surface area contributed by atoms with Crippen molar-refractivity contribution in [2.24, 2.45) is 0 Å². The second-order valence-electron chi connectivity index (χ2n) is 4.17. The molecule has 0 saturated carbocycles. The van der Waals surface area contributed by atoms with Gasteiger partial charge in [-0.2, -0.15) is 0 Å². The van der Waals surface area contributed by atoms with Crippen LogP contribution in [0.1, 0.15) is 5.56 Å². The highest BCUT2D eigenvalue weighted by Crippen LogP contribution is 2.28. The summed E-state index contributed by atoms with van der Waals surface area (Å²) >= 11 is 0. The maximum atomic E-state index is 12.5. The number of hydrogen-bond donors (Lipinski definition) is 2. The summed E-state index contributed by atoms with van der Waals surface area (Å²) in [6, 6.07) is 4.49. The Kier molecular flexibility index (Phi) is 6.26. The fourth-order valence-corrected chi connectivity index (χ4v) is 1.97. The molecule has 0 heterocycles. The maximum Gasteiger partial charge on any atom is 0.292 e. The third-order valence-corrected chi connectivity index (χ3v) is 2.78. The number of nitrogens with one attached hydrogen (secondary N) is 1. The van der Waals surface area contributed by atoms with Crippen LogP contribution in [0.5, 0.6) is 0 Å². The van der Waals surface area contributed by atoms with E-state index < -0.39 is 17.9 Å². The van der Waals surface area contributed by atoms with E-state index in [9.17, 15) is 18.9 Å². The molecule has 1 aromatic rings. The Labute approximate surface area is 115 Å². The number of anilines is 1. The largest absolute Gasteiger partial charge is 0.395 e. The number of nitrogens with zero attached hydrogens (tertiary/aromatic N) is 2. The van der Waals surface area contributed by atoms with Crippen LogP contribution in [-0.4, -0.2) is 48.1 Å². The second-order valence-corrected chi connectivity index (χ2v) is 4.17. The highest BCUT2D eigenvalue weighted by molar-refractivity contribution is 5.66. The minimum Gasteiger partial charge on any atom is -0.395 e. The molecule has 0 aliphatic heterocycles. The number of nitro benzene ring substituents is 1. The molecule has 1 aromatic carbocycles. The first-order chi connectivity index (χ1) is 9.49. The van der Waals surface area contributed by atoms with E-state index in [0.717, 1.165) is 0 Å². The van der Waals surface area contributed by atoms with E-state index in [2.05, 4.69) is 5.32 Å². The van der Waals surface area contributed by atoms with Crippen LogP contribution in [-0.2, 0) is 6.54 Å². The highest BCUT2D eigenvalue weighted by Gasteiger charge is 2.19. The lowest BCUT2D eigenvalue weighted by Gasteiger charge is -2.22. The molecule has 0 aliphatic rings. The van der Waals surface area contributed by atoms with E-state index in [0.29, 0.717) is 11.3 Å². The van der Waals surface area contributed by atoms with Crippen molar-refractivity contribution < 1.29 is 18.8 Å². The summed E-state index contributed by atoms with van der Waals surface area (Å²) in [5.41, 5.74) is 0.733. The van der Waals surface area contributed by atoms with E-state index in [-0.39, 0.29) is 25.4 Å². The fraction of sp³-hybridized carbons (Fsp3) is 0.500. The maximum absolute atomic E-state index is 12.5. The van der Waals surface area contributed by atoms with Crippen molar-refractivity contribution in [3.8, 4) is 0 Å². The molecule has 8 heteroatoms. The Morgan fingerprint density at radius 3 is 2.70 bits per heavy atom. The first-order valence-electron chi connectivity index (χ1n) is 6.05. The predicted octanol–water partition coefficient (Wildman–Crippen LogP) is 1.70. The average Bonchev–Trinajstić information content (AvgIpc) is 2.37. The predicted molar refractivity (Wildman–Crippen MR) is 71.0 cm³/mol. The summed E-state index contributed by atoms with van der Waals surface area (Å²) in [7, 11) is 1.54. The summed E-state index contributed by atoms with van der Waals surface area (Å²) in [6.07, 6.45) is -2.53. The van der Waals surface area contributed by atoms with Gasteiger partial charge in [-0.05, 0) is 5.56 Å². The lowest BCUT2D eigenvalue weighted by atomic mass is 10.1. The molecule has 0 unspecified atom stereocenters. The Balaban J connectivity index is 2.99. The van der Waals surface area contributed by atoms with Gasteiger partial charge >= 0.3 is 0 Å². The van der Waals surface area contributed by atoms with Crippen molar-refractivity contribution in [3.05, 3.63) is 33.9 Å². The molecule has 0 radical (unpaired) electrons. The van der Waals surface area contributed by atoms with Crippen molar-refractivity contribution >= 4 is 11.4 Å². The third-order valence-electron chi connectivity index (χ3n) is 2.78. The van der Waals surface area contributed by atoms with Gasteiger partial charge in [-0.25, -0.2) is 8.78 Å². The number of aliphatic hydroxyl groups excluding tert-OH is 1. The normalized spacial score (nSPS) is 11.1. The summed E-state index contributed by atoms with van der Waals surface area (Å²) < 4.78 is 24.9. The van der Waals surface area contributed by atoms with Crippen LogP contribution in [0.15, 0.2) is 18.2 Å². The van der Waals surface area contributed by atoms with Gasteiger partial charge < -0.3 is 10.4 Å². The standard InChI is InChI=1S/C12H17F2N3O3/c1-15-12-9(3-2-4-10(12)17(19)20)7-16(5-6-18)8-11(13)14/h2-4,11,15,18H,5-8H2,1H3. The van der Waals surface area contributed by atoms with Crippen LogP contribution in [0.25, 0.3) is 0 Å². The summed E-state index contributed by atoms with van der Waals surface area (Å²) in [4.78, 5) is 11.7. The van der Waals surface area contributed by atoms with Gasteiger partial charge in [0.05, 0.1) is 18.1 Å². The number of hydrogen-bond acceptors (Lipinski definition) is 5. The molecule has 112 valence electrons. The number of para-hydroxylation sites is 1. The molecule has 0 bridgehead atoms. The zero-order valence-corrected chi connectivity index (χ0v) is 11.1. The lowest BCUT2D eigenvalue weighted by molar-refractivity contribution is -0.384. The number of aliphatic hydroxyl groups is 1. The van der Waals surface area contributed by atoms with Crippen LogP contribution in [0.2, 0.25) is 0 Å². The van der Waals surface area contributed by atoms with Gasteiger partial charge in [0.15, 0.2) is 0 Å². The minimum atomic E-state index is -2.53. The van der Waals surface area contributed by atoms with Crippen molar-refractivity contribution in [3.63, 3.8) is 0 Å². The molecular formula is C12H17F2N3O3. The van der Waals surface area contributed by atoms with E-state index in [1.54, 1.807) is 6.07 Å². The van der Waals surface area contributed by atoms with Crippen LogP contribution in [0.4, 0.5) is 20.2 Å². The molecule has 0 fully saturated rings. The molecule has 2 N–H and O–H groups in total. The van der Waals surface area contributed by atoms with Gasteiger partial charge in [0.1, 0.15) is 5.69 Å². The Morgan fingerprint density at radius 1 is 1.50 bits per heavy atom. The topological polar surface area (TPSA) is 78.6 Å². The first kappa shape index (κ1) is 16.3. The van der Waals surface area contributed by atoms with E-state index >= 15 is 0 Å². The molecular weight excluding hydrogens is 272 g/mol. The molecule has 0 saturated heterocycles. The zero-order chi connectivity index (χ0) is 15.1. The molecule has 0 atom stereocenters. The van der Waals surface area contributed by atoms with E-state index in [1.165, 1.54) is 24.1 Å². The molecule has 6 nitrogen and oxygen atoms in total. The van der Waals surface area contributed by atoms with Crippen molar-refractivity contribution in [2.75, 3.05) is 32.1 Å². The van der Waals surface area contributed by atoms with E-state index in [4.69, 9.17) is 5.11 Å². The van der Waals surface area contributed by atoms with Crippen LogP contribution >= 0.6 is 0 Å². The Hall–Kier alpha value is -1.80. The summed E-state index contributed by atoms with van der Waals surface area (Å²) in [6.45, 7) is -0.568. The third kappa shape index (κ3) is 4.39. The molecule has 0 aromatic heterocycles. The number of rotatable bonds is 8. The quantitative estimate of drug-likeness (QED) is 0.562. The Morgan fingerprint density at radius 2 is 2.20 bits per heavy atom. The van der Waals surface area contributed by atoms with Crippen molar-refractivity contribution in [1.82, 2.24) is 4.90 Å². The van der Waals surface area contributed by atoms with Crippen LogP contribution in [0, 0.1) is 10.1 Å². The van der Waals surface area contributed by atoms with Crippen LogP contribution in [0.3, 0.4) is 0 Å². The molecule has 0 spiro atoms. The number of benzene rings is 1. The number of alkyl halides is 2. The van der Waals surface area contributed by atoms with Gasteiger partial charge in [-0.3, -0.25) is 15.0 Å². The zero-order valence-electron chi connectivity index (χ0n) is 11.1. The first-order valence-corrected chi connectivity index (χ1v) is 6.05. The molecule has 0 aliphatic carbocycles. The Bertz CT molecular complexity index is 458. The van der Waals surface area contributed by atoms with Gasteiger partial charge in [0.25, 0.3) is 12.1 Å². The molecule has 0 amide bonds. The SMILES string of the molecule is CNc1c(CN(CCO)CC(F)F)cccc1[N+](=O)[O-]. The fourth-order valence-electron chi connectivity index (χ4n) is 1.97. The lowest BCUT2D eigenvalue weighted by Crippen LogP contribution is -2.31. The highest BCUT2D eigenvalue weighted by atomic mass is 19.3. The van der Waals surface area contributed by atoms with E-state index in [1.807, 2.05) is 0 Å². The molecule has 1 rings (SSSR count). The van der Waals surface area contributed by atoms with Gasteiger partial charge in [0, 0.05) is 26.2 Å². The second kappa shape index (κ2) is 7.71. The summed E-state index contributed by atoms with van der Waals surface area (Å²) in [5.74, 6) is 0. The number of nitro groups is 1. The van der Waals surface area contributed by atoms with Gasteiger partial charge in [-0.1, -0.05) is 12.1 Å². The van der Waals surface area contributed by atoms with Gasteiger partial charge in [0.2, 0.25) is 0 Å². The van der Waals surface area contributed by atoms with Crippen LogP contribution < -0.4 is 5.32 Å². The van der Waals surface area contributed by atoms with Gasteiger partial charge in [-0.15, -0.1) is 0 Å². The summed E-state index contributed by atoms with van der Waals surface area (Å²) in [5, 5.41) is 22.5. The smallest absolute Gasteiger partial charge is 0.292 e. The van der Waals surface area contributed by atoms with Crippen molar-refractivity contribution in [2.45, 2.75) is 13.0 Å². The number of halogens is 2. The average molecular weight is 289 g/mol.